The number of aliphatic carboxylic acids is 1. The molecule has 1 fully saturated rings. The Bertz CT molecular complexity index is 444. The summed E-state index contributed by atoms with van der Waals surface area (Å²) in [6, 6.07) is -0.0878. The van der Waals surface area contributed by atoms with Crippen LogP contribution in [-0.2, 0) is 11.2 Å². The van der Waals surface area contributed by atoms with E-state index in [0.717, 1.165) is 12.1 Å². The van der Waals surface area contributed by atoms with E-state index in [4.69, 9.17) is 5.11 Å². The normalized spacial score (nSPS) is 16.1. The highest BCUT2D eigenvalue weighted by Crippen LogP contribution is 2.03. The van der Waals surface area contributed by atoms with Crippen molar-refractivity contribution >= 4 is 23.3 Å². The molecule has 1 saturated heterocycles. The minimum absolute atomic E-state index is 0.0410. The molecule has 2 amide bonds. The molecule has 1 aliphatic heterocycles. The monoisotopic (exact) mass is 298 g/mol. The summed E-state index contributed by atoms with van der Waals surface area (Å²) in [5, 5.41) is 13.5. The largest absolute Gasteiger partial charge is 0.480 e. The number of hydrogen-bond donors (Lipinski definition) is 2. The van der Waals surface area contributed by atoms with Gasteiger partial charge in [-0.25, -0.2) is 9.78 Å². The predicted molar refractivity (Wildman–Crippen MR) is 74.9 cm³/mol. The molecule has 110 valence electrons. The van der Waals surface area contributed by atoms with E-state index in [1.54, 1.807) is 21.7 Å². The summed E-state index contributed by atoms with van der Waals surface area (Å²) in [6.07, 6.45) is 0.730. The van der Waals surface area contributed by atoms with Gasteiger partial charge in [0.15, 0.2) is 0 Å². The highest BCUT2D eigenvalue weighted by molar-refractivity contribution is 7.07. The van der Waals surface area contributed by atoms with Crippen molar-refractivity contribution in [2.75, 3.05) is 39.3 Å². The summed E-state index contributed by atoms with van der Waals surface area (Å²) in [5.41, 5.74) is 2.76. The molecule has 8 heteroatoms. The Morgan fingerprint density at radius 3 is 2.70 bits per heavy atom. The van der Waals surface area contributed by atoms with Crippen molar-refractivity contribution in [1.29, 1.82) is 0 Å². The topological polar surface area (TPSA) is 85.8 Å². The molecule has 20 heavy (non-hydrogen) atoms. The Balaban J connectivity index is 1.65. The lowest BCUT2D eigenvalue weighted by Gasteiger charge is -2.33. The van der Waals surface area contributed by atoms with Crippen LogP contribution >= 0.6 is 11.3 Å². The maximum absolute atomic E-state index is 11.9. The van der Waals surface area contributed by atoms with Gasteiger partial charge in [0.1, 0.15) is 0 Å². The zero-order valence-corrected chi connectivity index (χ0v) is 11.9. The van der Waals surface area contributed by atoms with Crippen LogP contribution in [-0.4, -0.2) is 71.2 Å². The van der Waals surface area contributed by atoms with Crippen molar-refractivity contribution in [3.05, 3.63) is 16.6 Å². The van der Waals surface area contributed by atoms with Crippen LogP contribution in [0.4, 0.5) is 4.79 Å². The first-order chi connectivity index (χ1) is 9.65. The van der Waals surface area contributed by atoms with Gasteiger partial charge >= 0.3 is 12.0 Å². The number of rotatable bonds is 5. The highest BCUT2D eigenvalue weighted by Gasteiger charge is 2.21. The fourth-order valence-corrected chi connectivity index (χ4v) is 2.66. The maximum Gasteiger partial charge on any atom is 0.317 e. The molecule has 7 nitrogen and oxygen atoms in total. The summed E-state index contributed by atoms with van der Waals surface area (Å²) >= 11 is 1.54. The van der Waals surface area contributed by atoms with Gasteiger partial charge in [-0.05, 0) is 0 Å². The summed E-state index contributed by atoms with van der Waals surface area (Å²) in [7, 11) is 0. The molecule has 2 rings (SSSR count). The molecule has 1 aliphatic rings. The molecule has 0 aromatic carbocycles. The van der Waals surface area contributed by atoms with Gasteiger partial charge in [0.2, 0.25) is 0 Å². The molecule has 0 spiro atoms. The molecule has 2 N–H and O–H groups in total. The lowest BCUT2D eigenvalue weighted by Crippen LogP contribution is -2.52. The van der Waals surface area contributed by atoms with Crippen LogP contribution in [0.15, 0.2) is 10.9 Å². The number of hydrogen-bond acceptors (Lipinski definition) is 5. The van der Waals surface area contributed by atoms with Crippen molar-refractivity contribution in [3.63, 3.8) is 0 Å². The molecule has 0 radical (unpaired) electrons. The second-order valence-corrected chi connectivity index (χ2v) is 5.34. The summed E-state index contributed by atoms with van der Waals surface area (Å²) in [4.78, 5) is 30.2. The summed E-state index contributed by atoms with van der Waals surface area (Å²) in [5.74, 6) is -0.828. The quantitative estimate of drug-likeness (QED) is 0.805. The van der Waals surface area contributed by atoms with Crippen LogP contribution < -0.4 is 5.32 Å². The summed E-state index contributed by atoms with van der Waals surface area (Å²) in [6.45, 7) is 2.94. The molecular weight excluding hydrogens is 280 g/mol. The number of nitrogens with one attached hydrogen (secondary N) is 1. The van der Waals surface area contributed by atoms with Crippen LogP contribution in [0.2, 0.25) is 0 Å². The minimum atomic E-state index is -0.828. The van der Waals surface area contributed by atoms with Crippen LogP contribution in [0.5, 0.6) is 0 Å². The second-order valence-electron chi connectivity index (χ2n) is 4.62. The first-order valence-electron chi connectivity index (χ1n) is 6.49. The van der Waals surface area contributed by atoms with Gasteiger partial charge in [-0.15, -0.1) is 11.3 Å². The maximum atomic E-state index is 11.9. The fraction of sp³-hybridized carbons (Fsp3) is 0.583. The number of amides is 2. The third-order valence-electron chi connectivity index (χ3n) is 3.16. The lowest BCUT2D eigenvalue weighted by molar-refractivity contribution is -0.138. The first kappa shape index (κ1) is 14.7. The molecule has 0 saturated carbocycles. The van der Waals surface area contributed by atoms with Crippen molar-refractivity contribution in [2.24, 2.45) is 0 Å². The number of urea groups is 1. The lowest BCUT2D eigenvalue weighted by atomic mass is 10.3. The summed E-state index contributed by atoms with van der Waals surface area (Å²) < 4.78 is 0. The zero-order valence-electron chi connectivity index (χ0n) is 11.1. The molecule has 2 heterocycles. The molecule has 0 atom stereocenters. The number of carbonyl (C=O) groups excluding carboxylic acids is 1. The number of carbonyl (C=O) groups is 2. The average Bonchev–Trinajstić information content (AvgIpc) is 2.92. The minimum Gasteiger partial charge on any atom is -0.480 e. The second kappa shape index (κ2) is 7.20. The number of piperazine rings is 1. The number of aromatic nitrogens is 1. The molecule has 1 aromatic heterocycles. The van der Waals surface area contributed by atoms with E-state index < -0.39 is 5.97 Å². The molecular formula is C12H18N4O3S. The van der Waals surface area contributed by atoms with Crippen LogP contribution in [0.1, 0.15) is 5.69 Å². The van der Waals surface area contributed by atoms with Gasteiger partial charge in [0, 0.05) is 44.5 Å². The number of carboxylic acids is 1. The van der Waals surface area contributed by atoms with E-state index in [1.165, 1.54) is 0 Å². The SMILES string of the molecule is O=C(O)CN1CCN(C(=O)NCCc2cscn2)CC1. The van der Waals surface area contributed by atoms with Gasteiger partial charge in [-0.2, -0.15) is 0 Å². The van der Waals surface area contributed by atoms with Crippen molar-refractivity contribution in [2.45, 2.75) is 6.42 Å². The van der Waals surface area contributed by atoms with Gasteiger partial charge in [0.05, 0.1) is 17.7 Å². The predicted octanol–water partition coefficient (Wildman–Crippen LogP) is 0.0974. The Morgan fingerprint density at radius 1 is 1.35 bits per heavy atom. The third kappa shape index (κ3) is 4.46. The van der Waals surface area contributed by atoms with E-state index in [-0.39, 0.29) is 12.6 Å². The van der Waals surface area contributed by atoms with E-state index in [0.29, 0.717) is 32.7 Å². The van der Waals surface area contributed by atoms with Gasteiger partial charge < -0.3 is 15.3 Å². The van der Waals surface area contributed by atoms with E-state index in [2.05, 4.69) is 10.3 Å². The standard InChI is InChI=1S/C12H18N4O3S/c17-11(18)7-15-3-5-16(6-4-15)12(19)13-2-1-10-8-20-9-14-10/h8-9H,1-7H2,(H,13,19)(H,17,18). The van der Waals surface area contributed by atoms with E-state index >= 15 is 0 Å². The molecule has 1 aromatic rings. The number of thiazole rings is 1. The first-order valence-corrected chi connectivity index (χ1v) is 7.43. The highest BCUT2D eigenvalue weighted by atomic mass is 32.1. The van der Waals surface area contributed by atoms with E-state index in [1.807, 2.05) is 10.3 Å². The average molecular weight is 298 g/mol. The van der Waals surface area contributed by atoms with Gasteiger partial charge in [-0.3, -0.25) is 9.69 Å². The van der Waals surface area contributed by atoms with Gasteiger partial charge in [-0.1, -0.05) is 0 Å². The zero-order chi connectivity index (χ0) is 14.4. The Hall–Kier alpha value is -1.67. The van der Waals surface area contributed by atoms with Crippen LogP contribution in [0.3, 0.4) is 0 Å². The van der Waals surface area contributed by atoms with Crippen molar-refractivity contribution in [3.8, 4) is 0 Å². The Morgan fingerprint density at radius 2 is 2.10 bits per heavy atom. The molecule has 0 aliphatic carbocycles. The Labute approximate surface area is 121 Å². The van der Waals surface area contributed by atoms with Gasteiger partial charge in [0.25, 0.3) is 0 Å². The van der Waals surface area contributed by atoms with E-state index in [9.17, 15) is 9.59 Å². The Kier molecular flexibility index (Phi) is 5.31. The molecule has 0 bridgehead atoms. The number of nitrogens with zero attached hydrogens (tertiary/aromatic N) is 3. The third-order valence-corrected chi connectivity index (χ3v) is 3.79. The van der Waals surface area contributed by atoms with Crippen LogP contribution in [0.25, 0.3) is 0 Å². The van der Waals surface area contributed by atoms with Crippen molar-refractivity contribution < 1.29 is 14.7 Å². The number of carboxylic acid groups (broad SMARTS) is 1. The van der Waals surface area contributed by atoms with Crippen LogP contribution in [0, 0.1) is 0 Å². The smallest absolute Gasteiger partial charge is 0.317 e. The van der Waals surface area contributed by atoms with Crippen molar-refractivity contribution in [1.82, 2.24) is 20.1 Å². The molecule has 0 unspecified atom stereocenters. The fourth-order valence-electron chi connectivity index (χ4n) is 2.07.